The summed E-state index contributed by atoms with van der Waals surface area (Å²) < 4.78 is 1.40. The first-order valence-corrected chi connectivity index (χ1v) is 9.74. The van der Waals surface area contributed by atoms with Crippen LogP contribution in [0.15, 0.2) is 53.3 Å². The van der Waals surface area contributed by atoms with E-state index in [4.69, 9.17) is 0 Å². The number of aryl methyl sites for hydroxylation is 1. The van der Waals surface area contributed by atoms with Gasteiger partial charge in [-0.1, -0.05) is 24.3 Å². The highest BCUT2D eigenvalue weighted by Gasteiger charge is 2.40. The molecule has 3 heterocycles. The van der Waals surface area contributed by atoms with Gasteiger partial charge in [0.2, 0.25) is 0 Å². The van der Waals surface area contributed by atoms with Crippen molar-refractivity contribution in [1.29, 1.82) is 0 Å². The minimum atomic E-state index is -0.174. The normalized spacial score (nSPS) is 21.2. The van der Waals surface area contributed by atoms with Gasteiger partial charge in [-0.25, -0.2) is 0 Å². The summed E-state index contributed by atoms with van der Waals surface area (Å²) in [5.74, 6) is 0.586. The molecule has 1 amide bonds. The number of benzene rings is 2. The summed E-state index contributed by atoms with van der Waals surface area (Å²) in [7, 11) is 0. The molecule has 5 rings (SSSR count). The first kappa shape index (κ1) is 17.1. The smallest absolute Gasteiger partial charge is 0.279 e. The minimum Gasteiger partial charge on any atom is -0.334 e. The molecule has 28 heavy (non-hydrogen) atoms. The van der Waals surface area contributed by atoms with Gasteiger partial charge in [-0.2, -0.15) is 9.78 Å². The highest BCUT2D eigenvalue weighted by atomic mass is 16.2. The fourth-order valence-electron chi connectivity index (χ4n) is 4.56. The molecule has 0 bridgehead atoms. The number of hydrogen-bond donors (Lipinski definition) is 1. The third-order valence-electron chi connectivity index (χ3n) is 6.03. The molecule has 0 radical (unpaired) electrons. The Hall–Kier alpha value is -2.99. The van der Waals surface area contributed by atoms with E-state index in [9.17, 15) is 9.59 Å². The summed E-state index contributed by atoms with van der Waals surface area (Å²) in [4.78, 5) is 28.1. The molecule has 0 spiro atoms. The first-order chi connectivity index (χ1) is 13.6. The summed E-state index contributed by atoms with van der Waals surface area (Å²) in [5.41, 5.74) is 1.83. The lowest BCUT2D eigenvalue weighted by Crippen LogP contribution is -2.39. The van der Waals surface area contributed by atoms with Gasteiger partial charge in [-0.15, -0.1) is 0 Å². The second kappa shape index (κ2) is 6.56. The highest BCUT2D eigenvalue weighted by Crippen LogP contribution is 2.28. The van der Waals surface area contributed by atoms with Crippen LogP contribution in [-0.4, -0.2) is 46.3 Å². The van der Waals surface area contributed by atoms with E-state index in [1.54, 1.807) is 6.07 Å². The fourth-order valence-corrected chi connectivity index (χ4v) is 4.56. The molecule has 142 valence electrons. The average Bonchev–Trinajstić information content (AvgIpc) is 3.34. The van der Waals surface area contributed by atoms with Crippen LogP contribution in [0.3, 0.4) is 0 Å². The molecule has 2 saturated heterocycles. The van der Waals surface area contributed by atoms with Crippen molar-refractivity contribution in [3.8, 4) is 5.69 Å². The zero-order chi connectivity index (χ0) is 19.3. The van der Waals surface area contributed by atoms with Crippen molar-refractivity contribution in [2.24, 2.45) is 5.92 Å². The molecule has 2 aliphatic heterocycles. The number of aromatic nitrogens is 2. The van der Waals surface area contributed by atoms with Gasteiger partial charge in [-0.3, -0.25) is 9.59 Å². The molecular formula is C22H22N4O2. The Balaban J connectivity index is 1.55. The summed E-state index contributed by atoms with van der Waals surface area (Å²) >= 11 is 0. The number of hydrogen-bond acceptors (Lipinski definition) is 4. The van der Waals surface area contributed by atoms with Crippen LogP contribution in [0.5, 0.6) is 0 Å². The van der Waals surface area contributed by atoms with E-state index in [1.165, 1.54) is 4.68 Å². The van der Waals surface area contributed by atoms with Crippen molar-refractivity contribution >= 4 is 16.7 Å². The van der Waals surface area contributed by atoms with Crippen molar-refractivity contribution in [3.05, 3.63) is 70.1 Å². The van der Waals surface area contributed by atoms with E-state index in [1.807, 2.05) is 54.3 Å². The van der Waals surface area contributed by atoms with Crippen molar-refractivity contribution in [2.45, 2.75) is 19.4 Å². The van der Waals surface area contributed by atoms with Crippen molar-refractivity contribution in [1.82, 2.24) is 20.0 Å². The van der Waals surface area contributed by atoms with Crippen LogP contribution < -0.4 is 10.9 Å². The van der Waals surface area contributed by atoms with Gasteiger partial charge < -0.3 is 10.2 Å². The molecule has 1 aromatic heterocycles. The van der Waals surface area contributed by atoms with Gasteiger partial charge in [-0.05, 0) is 43.5 Å². The molecule has 6 heteroatoms. The predicted octanol–water partition coefficient (Wildman–Crippen LogP) is 2.13. The second-order valence-electron chi connectivity index (χ2n) is 7.67. The molecule has 2 aromatic carbocycles. The van der Waals surface area contributed by atoms with Crippen molar-refractivity contribution in [3.63, 3.8) is 0 Å². The topological polar surface area (TPSA) is 67.2 Å². The van der Waals surface area contributed by atoms with E-state index in [2.05, 4.69) is 10.4 Å². The number of nitrogens with zero attached hydrogens (tertiary/aromatic N) is 3. The number of likely N-dealkylation sites (tertiary alicyclic amines) is 1. The lowest BCUT2D eigenvalue weighted by molar-refractivity contribution is 0.0737. The summed E-state index contributed by atoms with van der Waals surface area (Å²) in [5, 5.41) is 9.36. The largest absolute Gasteiger partial charge is 0.334 e. The Kier molecular flexibility index (Phi) is 4.02. The van der Waals surface area contributed by atoms with Gasteiger partial charge >= 0.3 is 0 Å². The van der Waals surface area contributed by atoms with E-state index in [-0.39, 0.29) is 17.5 Å². The molecule has 2 fully saturated rings. The van der Waals surface area contributed by atoms with Crippen LogP contribution >= 0.6 is 0 Å². The van der Waals surface area contributed by atoms with Gasteiger partial charge in [0.05, 0.1) is 16.8 Å². The molecule has 1 N–H and O–H groups in total. The zero-order valence-corrected chi connectivity index (χ0v) is 15.8. The molecule has 0 aliphatic carbocycles. The first-order valence-electron chi connectivity index (χ1n) is 9.74. The quantitative estimate of drug-likeness (QED) is 0.746. The standard InChI is InChI=1S/C22H22N4O2/c1-14-18-7-2-3-8-19(18)22(28)26(24-14)17-6-4-5-15(11-17)21(27)25-10-9-16-12-23-13-20(16)25/h2-8,11,16,20,23H,9-10,12-13H2,1H3/t16-,20+/m0/s1. The predicted molar refractivity (Wildman–Crippen MR) is 108 cm³/mol. The number of amides is 1. The Morgan fingerprint density at radius 2 is 1.93 bits per heavy atom. The summed E-state index contributed by atoms with van der Waals surface area (Å²) in [6.07, 6.45) is 1.05. The number of carbonyl (C=O) groups excluding carboxylic acids is 1. The number of nitrogens with one attached hydrogen (secondary N) is 1. The van der Waals surface area contributed by atoms with Gasteiger partial charge in [0.25, 0.3) is 11.5 Å². The van der Waals surface area contributed by atoms with Crippen LogP contribution in [0.1, 0.15) is 22.5 Å². The van der Waals surface area contributed by atoms with Crippen LogP contribution in [0.2, 0.25) is 0 Å². The van der Waals surface area contributed by atoms with Crippen LogP contribution in [0, 0.1) is 12.8 Å². The number of fused-ring (bicyclic) bond motifs is 2. The van der Waals surface area contributed by atoms with Crippen molar-refractivity contribution < 1.29 is 4.79 Å². The van der Waals surface area contributed by atoms with Gasteiger partial charge in [0.1, 0.15) is 0 Å². The summed E-state index contributed by atoms with van der Waals surface area (Å²) in [6.45, 7) is 4.54. The minimum absolute atomic E-state index is 0.0311. The van der Waals surface area contributed by atoms with E-state index in [0.717, 1.165) is 37.1 Å². The third kappa shape index (κ3) is 2.64. The van der Waals surface area contributed by atoms with Crippen molar-refractivity contribution in [2.75, 3.05) is 19.6 Å². The number of carbonyl (C=O) groups is 1. The maximum Gasteiger partial charge on any atom is 0.279 e. The lowest BCUT2D eigenvalue weighted by atomic mass is 10.0. The molecule has 3 aromatic rings. The average molecular weight is 374 g/mol. The monoisotopic (exact) mass is 374 g/mol. The fraction of sp³-hybridized carbons (Fsp3) is 0.318. The zero-order valence-electron chi connectivity index (χ0n) is 15.8. The third-order valence-corrected chi connectivity index (χ3v) is 6.03. The van der Waals surface area contributed by atoms with Gasteiger partial charge in [0, 0.05) is 36.6 Å². The SMILES string of the molecule is Cc1nn(-c2cccc(C(=O)N3CC[C@H]4CNC[C@H]43)c2)c(=O)c2ccccc12. The van der Waals surface area contributed by atoms with E-state index in [0.29, 0.717) is 22.6 Å². The highest BCUT2D eigenvalue weighted by molar-refractivity contribution is 5.95. The Morgan fingerprint density at radius 3 is 2.79 bits per heavy atom. The molecule has 0 saturated carbocycles. The maximum absolute atomic E-state index is 13.1. The Morgan fingerprint density at radius 1 is 1.11 bits per heavy atom. The van der Waals surface area contributed by atoms with Crippen LogP contribution in [-0.2, 0) is 0 Å². The van der Waals surface area contributed by atoms with E-state index < -0.39 is 0 Å². The molecule has 6 nitrogen and oxygen atoms in total. The summed E-state index contributed by atoms with van der Waals surface area (Å²) in [6, 6.07) is 15.0. The van der Waals surface area contributed by atoms with Crippen LogP contribution in [0.4, 0.5) is 0 Å². The maximum atomic E-state index is 13.1. The van der Waals surface area contributed by atoms with E-state index >= 15 is 0 Å². The van der Waals surface area contributed by atoms with Gasteiger partial charge in [0.15, 0.2) is 0 Å². The Labute approximate surface area is 162 Å². The second-order valence-corrected chi connectivity index (χ2v) is 7.67. The molecular weight excluding hydrogens is 352 g/mol. The lowest BCUT2D eigenvalue weighted by Gasteiger charge is -2.23. The Bertz CT molecular complexity index is 1140. The molecule has 2 atom stereocenters. The molecule has 2 aliphatic rings. The van der Waals surface area contributed by atoms with Crippen LogP contribution in [0.25, 0.3) is 16.5 Å². The molecule has 0 unspecified atom stereocenters. The number of rotatable bonds is 2.